The molecule has 1 N–H and O–H groups in total. The van der Waals surface area contributed by atoms with E-state index >= 15 is 0 Å². The molecule has 0 aliphatic rings. The molecule has 0 aliphatic carbocycles. The summed E-state index contributed by atoms with van der Waals surface area (Å²) in [5.41, 5.74) is 0.513. The highest BCUT2D eigenvalue weighted by molar-refractivity contribution is 6.03. The minimum absolute atomic E-state index is 0.101. The van der Waals surface area contributed by atoms with E-state index < -0.39 is 0 Å². The third-order valence-electron chi connectivity index (χ3n) is 2.33. The Balaban J connectivity index is 2.05. The Morgan fingerprint density at radius 1 is 1.32 bits per heavy atom. The van der Waals surface area contributed by atoms with Gasteiger partial charge in [0.15, 0.2) is 0 Å². The monoisotopic (exact) mass is 261 g/mol. The van der Waals surface area contributed by atoms with Crippen LogP contribution in [0.15, 0.2) is 24.3 Å². The fourth-order valence-corrected chi connectivity index (χ4v) is 1.47. The molecule has 1 aromatic heterocycles. The van der Waals surface area contributed by atoms with Crippen LogP contribution in [-0.2, 0) is 7.05 Å². The van der Waals surface area contributed by atoms with Gasteiger partial charge in [0.2, 0.25) is 5.95 Å². The molecule has 0 unspecified atom stereocenters. The molecule has 0 radical (unpaired) electrons. The summed E-state index contributed by atoms with van der Waals surface area (Å²) in [6, 6.07) is 6.89. The number of aromatic nitrogens is 4. The number of hydrogen-bond acceptors (Lipinski definition) is 5. The molecule has 7 nitrogen and oxygen atoms in total. The number of carbonyl (C=O) groups is 1. The average molecular weight is 261 g/mol. The van der Waals surface area contributed by atoms with Crippen molar-refractivity contribution in [3.63, 3.8) is 0 Å². The van der Waals surface area contributed by atoms with Crippen LogP contribution >= 0.6 is 0 Å². The number of nitrogens with zero attached hydrogens (tertiary/aromatic N) is 4. The van der Waals surface area contributed by atoms with E-state index in [4.69, 9.17) is 4.74 Å². The first-order valence-electron chi connectivity index (χ1n) is 5.86. The number of rotatable bonds is 4. The maximum atomic E-state index is 11.9. The molecule has 19 heavy (non-hydrogen) atoms. The molecule has 2 rings (SSSR count). The van der Waals surface area contributed by atoms with E-state index in [0.717, 1.165) is 5.75 Å². The predicted molar refractivity (Wildman–Crippen MR) is 69.0 cm³/mol. The van der Waals surface area contributed by atoms with Crippen LogP contribution in [0.3, 0.4) is 0 Å². The number of anilines is 1. The van der Waals surface area contributed by atoms with Crippen LogP contribution in [0, 0.1) is 0 Å². The van der Waals surface area contributed by atoms with Gasteiger partial charge in [0.05, 0.1) is 6.10 Å². The lowest BCUT2D eigenvalue weighted by atomic mass is 10.2. The first kappa shape index (κ1) is 13.0. The van der Waals surface area contributed by atoms with Gasteiger partial charge in [-0.1, -0.05) is 5.10 Å². The van der Waals surface area contributed by atoms with Gasteiger partial charge in [0.1, 0.15) is 5.75 Å². The molecule has 2 aromatic rings. The SMILES string of the molecule is CC(C)Oc1ccc(C(=O)Nc2nnnn2C)cc1. The van der Waals surface area contributed by atoms with Gasteiger partial charge in [-0.15, -0.1) is 0 Å². The van der Waals surface area contributed by atoms with Crippen molar-refractivity contribution in [2.24, 2.45) is 7.05 Å². The third-order valence-corrected chi connectivity index (χ3v) is 2.33. The lowest BCUT2D eigenvalue weighted by Crippen LogP contribution is -2.15. The van der Waals surface area contributed by atoms with E-state index in [1.165, 1.54) is 4.68 Å². The van der Waals surface area contributed by atoms with Gasteiger partial charge >= 0.3 is 0 Å². The van der Waals surface area contributed by atoms with E-state index in [2.05, 4.69) is 20.8 Å². The first-order valence-corrected chi connectivity index (χ1v) is 5.86. The second-order valence-electron chi connectivity index (χ2n) is 4.27. The molecule has 1 aromatic carbocycles. The quantitative estimate of drug-likeness (QED) is 0.895. The van der Waals surface area contributed by atoms with E-state index in [1.807, 2.05) is 13.8 Å². The highest BCUT2D eigenvalue weighted by atomic mass is 16.5. The maximum Gasteiger partial charge on any atom is 0.258 e. The Kier molecular flexibility index (Phi) is 3.74. The van der Waals surface area contributed by atoms with Crippen molar-refractivity contribution < 1.29 is 9.53 Å². The number of nitrogens with one attached hydrogen (secondary N) is 1. The molecular weight excluding hydrogens is 246 g/mol. The maximum absolute atomic E-state index is 11.9. The molecule has 7 heteroatoms. The summed E-state index contributed by atoms with van der Waals surface area (Å²) in [4.78, 5) is 11.9. The largest absolute Gasteiger partial charge is 0.491 e. The van der Waals surface area contributed by atoms with Crippen molar-refractivity contribution in [1.82, 2.24) is 20.2 Å². The van der Waals surface area contributed by atoms with Crippen LogP contribution in [0.4, 0.5) is 5.95 Å². The molecule has 0 bridgehead atoms. The summed E-state index contributed by atoms with van der Waals surface area (Å²) in [6.07, 6.45) is 0.101. The van der Waals surface area contributed by atoms with Crippen LogP contribution in [0.5, 0.6) is 5.75 Å². The number of aryl methyl sites for hydroxylation is 1. The van der Waals surface area contributed by atoms with Crippen LogP contribution in [0.25, 0.3) is 0 Å². The number of tetrazole rings is 1. The number of benzene rings is 1. The van der Waals surface area contributed by atoms with Crippen molar-refractivity contribution >= 4 is 11.9 Å². The Bertz CT molecular complexity index is 562. The number of hydrogen-bond donors (Lipinski definition) is 1. The van der Waals surface area contributed by atoms with Gasteiger partial charge in [-0.05, 0) is 48.5 Å². The Morgan fingerprint density at radius 3 is 2.53 bits per heavy atom. The Morgan fingerprint density at radius 2 is 2.00 bits per heavy atom. The van der Waals surface area contributed by atoms with Gasteiger partial charge in [-0.25, -0.2) is 4.68 Å². The second kappa shape index (κ2) is 5.47. The van der Waals surface area contributed by atoms with Gasteiger partial charge in [-0.3, -0.25) is 10.1 Å². The normalized spacial score (nSPS) is 10.5. The number of ether oxygens (including phenoxy) is 1. The zero-order valence-electron chi connectivity index (χ0n) is 11.0. The molecule has 0 saturated carbocycles. The van der Waals surface area contributed by atoms with Crippen LogP contribution < -0.4 is 10.1 Å². The molecule has 1 amide bonds. The predicted octanol–water partition coefficient (Wildman–Crippen LogP) is 1.25. The van der Waals surface area contributed by atoms with Crippen molar-refractivity contribution in [3.8, 4) is 5.75 Å². The lowest BCUT2D eigenvalue weighted by molar-refractivity contribution is 0.102. The standard InChI is InChI=1S/C12H15N5O2/c1-8(2)19-10-6-4-9(5-7-10)11(18)13-12-14-15-16-17(12)3/h4-8H,1-3H3,(H,13,14,16,18). The van der Waals surface area contributed by atoms with Crippen molar-refractivity contribution in [1.29, 1.82) is 0 Å². The number of amides is 1. The summed E-state index contributed by atoms with van der Waals surface area (Å²) < 4.78 is 6.89. The number of carbonyl (C=O) groups excluding carboxylic acids is 1. The molecule has 100 valence electrons. The average Bonchev–Trinajstić information content (AvgIpc) is 2.75. The van der Waals surface area contributed by atoms with Gasteiger partial charge in [-0.2, -0.15) is 0 Å². The molecule has 0 spiro atoms. The minimum Gasteiger partial charge on any atom is -0.491 e. The van der Waals surface area contributed by atoms with Gasteiger partial charge < -0.3 is 4.74 Å². The van der Waals surface area contributed by atoms with Gasteiger partial charge in [0, 0.05) is 12.6 Å². The van der Waals surface area contributed by atoms with Crippen molar-refractivity contribution in [2.75, 3.05) is 5.32 Å². The molecule has 1 heterocycles. The summed E-state index contributed by atoms with van der Waals surface area (Å²) in [5.74, 6) is 0.758. The van der Waals surface area contributed by atoms with E-state index in [0.29, 0.717) is 11.5 Å². The lowest BCUT2D eigenvalue weighted by Gasteiger charge is -2.09. The summed E-state index contributed by atoms with van der Waals surface area (Å²) in [6.45, 7) is 3.89. The highest BCUT2D eigenvalue weighted by Gasteiger charge is 2.10. The molecule has 0 aliphatic heterocycles. The zero-order chi connectivity index (χ0) is 13.8. The fraction of sp³-hybridized carbons (Fsp3) is 0.333. The van der Waals surface area contributed by atoms with E-state index in [9.17, 15) is 4.79 Å². The molecular formula is C12H15N5O2. The summed E-state index contributed by atoms with van der Waals surface area (Å²) in [5, 5.41) is 13.4. The van der Waals surface area contributed by atoms with Crippen LogP contribution in [-0.4, -0.2) is 32.2 Å². The minimum atomic E-state index is -0.269. The fourth-order valence-electron chi connectivity index (χ4n) is 1.47. The van der Waals surface area contributed by atoms with Crippen molar-refractivity contribution in [3.05, 3.63) is 29.8 Å². The Labute approximate surface area is 110 Å². The topological polar surface area (TPSA) is 81.9 Å². The van der Waals surface area contributed by atoms with E-state index in [-0.39, 0.29) is 12.0 Å². The first-order chi connectivity index (χ1) is 9.06. The second-order valence-corrected chi connectivity index (χ2v) is 4.27. The highest BCUT2D eigenvalue weighted by Crippen LogP contribution is 2.14. The molecule has 0 fully saturated rings. The summed E-state index contributed by atoms with van der Waals surface area (Å²) >= 11 is 0. The van der Waals surface area contributed by atoms with E-state index in [1.54, 1.807) is 31.3 Å². The third kappa shape index (κ3) is 3.27. The van der Waals surface area contributed by atoms with Crippen LogP contribution in [0.1, 0.15) is 24.2 Å². The zero-order valence-corrected chi connectivity index (χ0v) is 11.0. The molecule has 0 saturated heterocycles. The van der Waals surface area contributed by atoms with Gasteiger partial charge in [0.25, 0.3) is 5.91 Å². The summed E-state index contributed by atoms with van der Waals surface area (Å²) in [7, 11) is 1.65. The Hall–Kier alpha value is -2.44. The smallest absolute Gasteiger partial charge is 0.258 e. The van der Waals surface area contributed by atoms with Crippen molar-refractivity contribution in [2.45, 2.75) is 20.0 Å². The molecule has 0 atom stereocenters. The van der Waals surface area contributed by atoms with Crippen LogP contribution in [0.2, 0.25) is 0 Å².